The molecule has 158 valence electrons. The number of benzene rings is 2. The summed E-state index contributed by atoms with van der Waals surface area (Å²) in [6.45, 7) is 1.35. The Bertz CT molecular complexity index is 1040. The van der Waals surface area contributed by atoms with E-state index in [0.29, 0.717) is 12.1 Å². The minimum absolute atomic E-state index is 0.0563. The molecule has 4 nitrogen and oxygen atoms in total. The molecule has 0 aliphatic carbocycles. The molecule has 11 heteroatoms. The van der Waals surface area contributed by atoms with Crippen LogP contribution in [0.5, 0.6) is 0 Å². The van der Waals surface area contributed by atoms with Crippen LogP contribution in [0.2, 0.25) is 0 Å². The van der Waals surface area contributed by atoms with E-state index < -0.39 is 55.3 Å². The summed E-state index contributed by atoms with van der Waals surface area (Å²) < 4.78 is 108. The molecule has 2 aromatic carbocycles. The summed E-state index contributed by atoms with van der Waals surface area (Å²) in [4.78, 5) is 11.2. The van der Waals surface area contributed by atoms with E-state index in [-0.39, 0.29) is 17.2 Å². The number of carbonyl (C=O) groups is 1. The number of halogens is 6. The number of methoxy groups -OCH3 is 1. The van der Waals surface area contributed by atoms with Gasteiger partial charge in [0.25, 0.3) is 0 Å². The molecule has 0 aliphatic rings. The average molecular weight is 440 g/mol. The number of alkyl halides is 6. The molecule has 0 aromatic heterocycles. The number of aryl methyl sites for hydroxylation is 1. The Hall–Kier alpha value is -2.56. The van der Waals surface area contributed by atoms with Crippen molar-refractivity contribution in [3.63, 3.8) is 0 Å². The molecule has 2 rings (SSSR count). The van der Waals surface area contributed by atoms with Gasteiger partial charge in [0.2, 0.25) is 0 Å². The fourth-order valence-electron chi connectivity index (χ4n) is 2.66. The van der Waals surface area contributed by atoms with Crippen LogP contribution in [0.3, 0.4) is 0 Å². The Morgan fingerprint density at radius 1 is 0.897 bits per heavy atom. The fraction of sp³-hybridized carbons (Fsp3) is 0.278. The van der Waals surface area contributed by atoms with Crippen molar-refractivity contribution in [3.8, 4) is 11.1 Å². The van der Waals surface area contributed by atoms with Gasteiger partial charge in [-0.05, 0) is 48.4 Å². The first-order valence-corrected chi connectivity index (χ1v) is 9.67. The summed E-state index contributed by atoms with van der Waals surface area (Å²) in [6.07, 6.45) is -9.47. The van der Waals surface area contributed by atoms with Crippen LogP contribution < -0.4 is 0 Å². The first kappa shape index (κ1) is 22.7. The first-order chi connectivity index (χ1) is 13.1. The van der Waals surface area contributed by atoms with Crippen molar-refractivity contribution in [3.05, 3.63) is 52.6 Å². The monoisotopic (exact) mass is 440 g/mol. The molecule has 0 N–H and O–H groups in total. The van der Waals surface area contributed by atoms with Gasteiger partial charge < -0.3 is 4.74 Å². The highest BCUT2D eigenvalue weighted by molar-refractivity contribution is 7.90. The quantitative estimate of drug-likeness (QED) is 0.504. The van der Waals surface area contributed by atoms with Crippen molar-refractivity contribution in [2.45, 2.75) is 24.2 Å². The molecule has 0 heterocycles. The Balaban J connectivity index is 2.93. The number of rotatable bonds is 3. The Morgan fingerprint density at radius 3 is 1.76 bits per heavy atom. The third-order valence-corrected chi connectivity index (χ3v) is 5.17. The van der Waals surface area contributed by atoms with Gasteiger partial charge in [-0.25, -0.2) is 13.2 Å². The van der Waals surface area contributed by atoms with E-state index in [4.69, 9.17) is 0 Å². The predicted octanol–water partition coefficient (Wildman–Crippen LogP) is 4.89. The summed E-state index contributed by atoms with van der Waals surface area (Å²) >= 11 is 0. The minimum Gasteiger partial charge on any atom is -0.465 e. The summed E-state index contributed by atoms with van der Waals surface area (Å²) in [5, 5.41) is 0. The Kier molecular flexibility index (Phi) is 5.77. The second-order valence-corrected chi connectivity index (χ2v) is 8.21. The fourth-order valence-corrected chi connectivity index (χ4v) is 3.57. The maximum absolute atomic E-state index is 13.1. The van der Waals surface area contributed by atoms with Crippen LogP contribution in [0.15, 0.2) is 35.2 Å². The zero-order valence-electron chi connectivity index (χ0n) is 15.2. The molecule has 29 heavy (non-hydrogen) atoms. The van der Waals surface area contributed by atoms with Gasteiger partial charge in [0.05, 0.1) is 28.7 Å². The Morgan fingerprint density at radius 2 is 1.38 bits per heavy atom. The van der Waals surface area contributed by atoms with E-state index in [9.17, 15) is 39.6 Å². The largest absolute Gasteiger partial charge is 0.465 e. The molecule has 2 aromatic rings. The van der Waals surface area contributed by atoms with Crippen molar-refractivity contribution in [2.24, 2.45) is 0 Å². The van der Waals surface area contributed by atoms with Crippen LogP contribution in [0, 0.1) is 6.92 Å². The van der Waals surface area contributed by atoms with Gasteiger partial charge in [-0.1, -0.05) is 0 Å². The minimum atomic E-state index is -5.09. The molecule has 0 saturated heterocycles. The number of esters is 1. The normalized spacial score (nSPS) is 12.7. The molecule has 0 radical (unpaired) electrons. The maximum Gasteiger partial charge on any atom is 0.416 e. The summed E-state index contributed by atoms with van der Waals surface area (Å²) in [6, 6.07) is 2.71. The van der Waals surface area contributed by atoms with Crippen molar-refractivity contribution >= 4 is 15.8 Å². The summed E-state index contributed by atoms with van der Waals surface area (Å²) in [7, 11) is -3.09. The van der Waals surface area contributed by atoms with Gasteiger partial charge in [0.1, 0.15) is 0 Å². The lowest BCUT2D eigenvalue weighted by atomic mass is 9.96. The van der Waals surface area contributed by atoms with Gasteiger partial charge >= 0.3 is 18.3 Å². The number of carbonyl (C=O) groups excluding carboxylic acids is 1. The summed E-state index contributed by atoms with van der Waals surface area (Å²) in [5.74, 6) is -0.904. The lowest BCUT2D eigenvalue weighted by molar-refractivity contribution is -0.143. The highest BCUT2D eigenvalue weighted by Gasteiger charge is 2.37. The van der Waals surface area contributed by atoms with Crippen molar-refractivity contribution in [1.82, 2.24) is 0 Å². The van der Waals surface area contributed by atoms with Gasteiger partial charge in [-0.2, -0.15) is 26.3 Å². The third-order valence-electron chi connectivity index (χ3n) is 4.03. The van der Waals surface area contributed by atoms with Gasteiger partial charge in [0, 0.05) is 11.8 Å². The highest BCUT2D eigenvalue weighted by Crippen LogP contribution is 2.40. The Labute approximate surface area is 162 Å². The first-order valence-electron chi connectivity index (χ1n) is 7.78. The SMILES string of the molecule is COC(=O)c1cc(S(C)(=O)=O)c(-c2cc(C(F)(F)F)cc(C(F)(F)F)c2)cc1C. The van der Waals surface area contributed by atoms with E-state index in [1.807, 2.05) is 0 Å². The number of ether oxygens (including phenoxy) is 1. The van der Waals surface area contributed by atoms with Gasteiger partial charge in [0.15, 0.2) is 9.84 Å². The molecular weight excluding hydrogens is 426 g/mol. The van der Waals surface area contributed by atoms with Crippen LogP contribution in [0.4, 0.5) is 26.3 Å². The van der Waals surface area contributed by atoms with Crippen molar-refractivity contribution < 1.29 is 44.3 Å². The molecule has 0 aliphatic heterocycles. The van der Waals surface area contributed by atoms with Gasteiger partial charge in [-0.15, -0.1) is 0 Å². The lowest BCUT2D eigenvalue weighted by Gasteiger charge is -2.17. The topological polar surface area (TPSA) is 60.4 Å². The molecule has 0 fully saturated rings. The van der Waals surface area contributed by atoms with Crippen LogP contribution in [-0.4, -0.2) is 27.8 Å². The second kappa shape index (κ2) is 7.36. The van der Waals surface area contributed by atoms with Crippen molar-refractivity contribution in [2.75, 3.05) is 13.4 Å². The molecule has 0 bridgehead atoms. The van der Waals surface area contributed by atoms with E-state index in [0.717, 1.165) is 25.5 Å². The van der Waals surface area contributed by atoms with E-state index >= 15 is 0 Å². The van der Waals surface area contributed by atoms with Crippen LogP contribution >= 0.6 is 0 Å². The molecule has 0 spiro atoms. The molecule has 0 unspecified atom stereocenters. The number of sulfone groups is 1. The van der Waals surface area contributed by atoms with E-state index in [2.05, 4.69) is 4.74 Å². The zero-order valence-corrected chi connectivity index (χ0v) is 16.0. The second-order valence-electron chi connectivity index (χ2n) is 6.22. The lowest BCUT2D eigenvalue weighted by Crippen LogP contribution is -2.12. The third kappa shape index (κ3) is 4.89. The smallest absolute Gasteiger partial charge is 0.416 e. The van der Waals surface area contributed by atoms with Crippen molar-refractivity contribution in [1.29, 1.82) is 0 Å². The van der Waals surface area contributed by atoms with Crippen LogP contribution in [0.25, 0.3) is 11.1 Å². The average Bonchev–Trinajstić information content (AvgIpc) is 2.57. The molecule has 0 saturated carbocycles. The highest BCUT2D eigenvalue weighted by atomic mass is 32.2. The maximum atomic E-state index is 13.1. The van der Waals surface area contributed by atoms with E-state index in [1.165, 1.54) is 6.92 Å². The number of hydrogen-bond acceptors (Lipinski definition) is 4. The molecular formula is C18H14F6O4S. The molecule has 0 amide bonds. The summed E-state index contributed by atoms with van der Waals surface area (Å²) in [5.41, 5.74) is -4.24. The van der Waals surface area contributed by atoms with Gasteiger partial charge in [-0.3, -0.25) is 0 Å². The number of hydrogen-bond donors (Lipinski definition) is 0. The standard InChI is InChI=1S/C18H14F6O4S/c1-9-4-14(15(29(3,26)27)8-13(9)16(25)28-2)10-5-11(17(19,20)21)7-12(6-10)18(22,23)24/h4-8H,1-3H3. The van der Waals surface area contributed by atoms with Crippen LogP contribution in [0.1, 0.15) is 27.0 Å². The molecule has 0 atom stereocenters. The zero-order chi connectivity index (χ0) is 22.4. The predicted molar refractivity (Wildman–Crippen MR) is 91.1 cm³/mol. The van der Waals surface area contributed by atoms with E-state index in [1.54, 1.807) is 0 Å². The van der Waals surface area contributed by atoms with Crippen LogP contribution in [-0.2, 0) is 26.9 Å².